The van der Waals surface area contributed by atoms with Gasteiger partial charge in [0.1, 0.15) is 5.76 Å². The molecule has 1 heterocycles. The van der Waals surface area contributed by atoms with Gasteiger partial charge in [0.2, 0.25) is 0 Å². The molecule has 0 saturated heterocycles. The lowest BCUT2D eigenvalue weighted by Gasteiger charge is -2.21. The number of benzene rings is 1. The number of allylic oxidation sites excluding steroid dienone is 1. The van der Waals surface area contributed by atoms with Crippen LogP contribution in [0.15, 0.2) is 34.4 Å². The summed E-state index contributed by atoms with van der Waals surface area (Å²) in [5.74, 6) is -0.752. The number of hydrogen-bond donors (Lipinski definition) is 1. The van der Waals surface area contributed by atoms with Gasteiger partial charge in [-0.15, -0.1) is 16.8 Å². The van der Waals surface area contributed by atoms with Gasteiger partial charge in [0.25, 0.3) is 0 Å². The molecule has 1 unspecified atom stereocenters. The Morgan fingerprint density at radius 3 is 2.61 bits per heavy atom. The van der Waals surface area contributed by atoms with Crippen molar-refractivity contribution < 1.29 is 19.5 Å². The Balaban J connectivity index is 1.89. The van der Waals surface area contributed by atoms with Crippen LogP contribution in [0, 0.1) is 5.92 Å². The van der Waals surface area contributed by atoms with Gasteiger partial charge in [-0.1, -0.05) is 37.8 Å². The van der Waals surface area contributed by atoms with Gasteiger partial charge in [-0.3, -0.25) is 9.59 Å². The lowest BCUT2D eigenvalue weighted by atomic mass is 9.95. The van der Waals surface area contributed by atoms with Gasteiger partial charge in [0.15, 0.2) is 11.8 Å². The second-order valence-electron chi connectivity index (χ2n) is 7.26. The molecular formula is C21H26ClNO4S. The van der Waals surface area contributed by atoms with Gasteiger partial charge in [-0.25, -0.2) is 0 Å². The van der Waals surface area contributed by atoms with Crippen molar-refractivity contribution in [2.75, 3.05) is 12.8 Å². The van der Waals surface area contributed by atoms with Crippen LogP contribution in [0.1, 0.15) is 55.8 Å². The molecule has 0 aromatic heterocycles. The first-order valence-corrected chi connectivity index (χ1v) is 11.4. The van der Waals surface area contributed by atoms with Crippen molar-refractivity contribution in [1.82, 2.24) is 5.06 Å². The van der Waals surface area contributed by atoms with Crippen molar-refractivity contribution in [3.63, 3.8) is 0 Å². The summed E-state index contributed by atoms with van der Waals surface area (Å²) in [7, 11) is 0. The molecule has 1 N–H and O–H groups in total. The van der Waals surface area contributed by atoms with Crippen LogP contribution in [0.4, 0.5) is 0 Å². The number of carbonyl (C=O) groups is 2. The molecule has 1 aliphatic heterocycles. The van der Waals surface area contributed by atoms with E-state index in [0.29, 0.717) is 22.9 Å². The summed E-state index contributed by atoms with van der Waals surface area (Å²) in [6, 6.07) is 4.16. The number of Topliss-reactive ketones (excluding diaryl/α,β-unsaturated/α-hetero) is 1. The van der Waals surface area contributed by atoms with E-state index in [9.17, 15) is 14.7 Å². The minimum Gasteiger partial charge on any atom is -0.480 e. The maximum atomic E-state index is 13.3. The first kappa shape index (κ1) is 21.2. The van der Waals surface area contributed by atoms with Crippen molar-refractivity contribution in [2.45, 2.75) is 56.4 Å². The number of carbonyl (C=O) groups excluding carboxylic acids is 1. The topological polar surface area (TPSA) is 66.8 Å². The number of ketones is 1. The summed E-state index contributed by atoms with van der Waals surface area (Å²) in [5, 5.41) is 11.7. The number of aliphatic carboxylic acids is 1. The van der Waals surface area contributed by atoms with Crippen LogP contribution in [0.2, 0.25) is 5.02 Å². The predicted octanol–water partition coefficient (Wildman–Crippen LogP) is 5.19. The number of hydroxylamine groups is 2. The standard InChI is InChI=1S/C21H26ClNO4S/c1-3-4-5-6-11-23-18(21(25)26)17(20(27-23)13-7-8-13)19(24)15-10-9-14(28-2)12-16(15)22/h9-10,12-13,18H,3-8,11H2,1-2H3,(H,25,26). The SMILES string of the molecule is CCCCCCN1OC(C2CC2)=C(C(=O)c2ccc(SC)cc2Cl)C1C(=O)O. The van der Waals surface area contributed by atoms with Crippen molar-refractivity contribution in [2.24, 2.45) is 5.92 Å². The first-order chi connectivity index (χ1) is 13.5. The van der Waals surface area contributed by atoms with E-state index in [1.165, 1.54) is 16.8 Å². The molecule has 5 nitrogen and oxygen atoms in total. The summed E-state index contributed by atoms with van der Waals surface area (Å²) in [5.41, 5.74) is 0.569. The fourth-order valence-corrected chi connectivity index (χ4v) is 4.22. The Hall–Kier alpha value is -1.50. The van der Waals surface area contributed by atoms with E-state index in [1.54, 1.807) is 12.1 Å². The maximum Gasteiger partial charge on any atom is 0.329 e. The molecule has 0 bridgehead atoms. The normalized spacial score (nSPS) is 19.8. The number of halogens is 1. The maximum absolute atomic E-state index is 13.3. The van der Waals surface area contributed by atoms with Crippen LogP contribution in [-0.4, -0.2) is 40.8 Å². The van der Waals surface area contributed by atoms with Crippen LogP contribution in [0.5, 0.6) is 0 Å². The quantitative estimate of drug-likeness (QED) is 0.317. The fraction of sp³-hybridized carbons (Fsp3) is 0.524. The zero-order valence-electron chi connectivity index (χ0n) is 16.2. The summed E-state index contributed by atoms with van der Waals surface area (Å²) in [4.78, 5) is 32.3. The van der Waals surface area contributed by atoms with Crippen molar-refractivity contribution >= 4 is 35.1 Å². The molecule has 3 rings (SSSR count). The van der Waals surface area contributed by atoms with Crippen LogP contribution in [0.25, 0.3) is 0 Å². The van der Waals surface area contributed by atoms with Crippen molar-refractivity contribution in [3.05, 3.63) is 40.1 Å². The molecule has 1 aromatic carbocycles. The Bertz CT molecular complexity index is 791. The van der Waals surface area contributed by atoms with Crippen molar-refractivity contribution in [3.8, 4) is 0 Å². The zero-order valence-corrected chi connectivity index (χ0v) is 17.8. The van der Waals surface area contributed by atoms with E-state index in [0.717, 1.165) is 43.4 Å². The van der Waals surface area contributed by atoms with Gasteiger partial charge in [0, 0.05) is 22.9 Å². The summed E-state index contributed by atoms with van der Waals surface area (Å²) >= 11 is 7.88. The van der Waals surface area contributed by atoms with E-state index >= 15 is 0 Å². The Kier molecular flexibility index (Phi) is 7.07. The molecule has 2 aliphatic rings. The Morgan fingerprint density at radius 1 is 1.29 bits per heavy atom. The van der Waals surface area contributed by atoms with Crippen LogP contribution in [-0.2, 0) is 9.63 Å². The Labute approximate surface area is 175 Å². The average Bonchev–Trinajstić information content (AvgIpc) is 3.45. The molecule has 1 aromatic rings. The molecule has 0 amide bonds. The van der Waals surface area contributed by atoms with Crippen LogP contribution >= 0.6 is 23.4 Å². The number of thioether (sulfide) groups is 1. The molecule has 0 radical (unpaired) electrons. The summed E-state index contributed by atoms with van der Waals surface area (Å²) in [6.07, 6.45) is 7.80. The second-order valence-corrected chi connectivity index (χ2v) is 8.55. The molecule has 1 atom stereocenters. The summed E-state index contributed by atoms with van der Waals surface area (Å²) < 4.78 is 0. The lowest BCUT2D eigenvalue weighted by Crippen LogP contribution is -2.40. The minimum atomic E-state index is -1.08. The predicted molar refractivity (Wildman–Crippen MR) is 111 cm³/mol. The highest BCUT2D eigenvalue weighted by Crippen LogP contribution is 2.45. The largest absolute Gasteiger partial charge is 0.480 e. The smallest absolute Gasteiger partial charge is 0.329 e. The zero-order chi connectivity index (χ0) is 20.3. The number of unbranched alkanes of at least 4 members (excludes halogenated alkanes) is 3. The molecule has 152 valence electrons. The van der Waals surface area contributed by atoms with Gasteiger partial charge >= 0.3 is 5.97 Å². The average molecular weight is 424 g/mol. The molecule has 1 fully saturated rings. The highest BCUT2D eigenvalue weighted by atomic mass is 35.5. The number of rotatable bonds is 10. The molecule has 0 spiro atoms. The number of carboxylic acids is 1. The molecule has 1 saturated carbocycles. The molecule has 28 heavy (non-hydrogen) atoms. The number of carboxylic acid groups (broad SMARTS) is 1. The number of hydrogen-bond acceptors (Lipinski definition) is 5. The van der Waals surface area contributed by atoms with E-state index in [1.807, 2.05) is 12.3 Å². The van der Waals surface area contributed by atoms with E-state index in [2.05, 4.69) is 6.92 Å². The van der Waals surface area contributed by atoms with E-state index in [4.69, 9.17) is 16.4 Å². The van der Waals surface area contributed by atoms with E-state index < -0.39 is 12.0 Å². The van der Waals surface area contributed by atoms with Crippen molar-refractivity contribution in [1.29, 1.82) is 0 Å². The van der Waals surface area contributed by atoms with Gasteiger partial charge in [-0.05, 0) is 43.7 Å². The van der Waals surface area contributed by atoms with Gasteiger partial charge in [0.05, 0.1) is 10.6 Å². The second kappa shape index (κ2) is 9.33. The van der Waals surface area contributed by atoms with Crippen LogP contribution in [0.3, 0.4) is 0 Å². The minimum absolute atomic E-state index is 0.130. The molecule has 1 aliphatic carbocycles. The monoisotopic (exact) mass is 423 g/mol. The third-order valence-corrected chi connectivity index (χ3v) is 6.16. The third kappa shape index (κ3) is 4.56. The lowest BCUT2D eigenvalue weighted by molar-refractivity contribution is -0.163. The van der Waals surface area contributed by atoms with E-state index in [-0.39, 0.29) is 17.3 Å². The fourth-order valence-electron chi connectivity index (χ4n) is 3.45. The Morgan fingerprint density at radius 2 is 2.04 bits per heavy atom. The third-order valence-electron chi connectivity index (χ3n) is 5.12. The highest BCUT2D eigenvalue weighted by molar-refractivity contribution is 7.98. The van der Waals surface area contributed by atoms with Gasteiger partial charge < -0.3 is 9.94 Å². The molecular weight excluding hydrogens is 398 g/mol. The van der Waals surface area contributed by atoms with Gasteiger partial charge in [-0.2, -0.15) is 0 Å². The first-order valence-electron chi connectivity index (χ1n) is 9.77. The van der Waals surface area contributed by atoms with Crippen LogP contribution < -0.4 is 0 Å². The molecule has 7 heteroatoms. The highest BCUT2D eigenvalue weighted by Gasteiger charge is 2.48. The number of nitrogens with zero attached hydrogens (tertiary/aromatic N) is 1. The summed E-state index contributed by atoms with van der Waals surface area (Å²) in [6.45, 7) is 2.62.